The number of aromatic nitrogens is 2. The molecule has 0 spiro atoms. The van der Waals surface area contributed by atoms with Crippen LogP contribution in [0.4, 0.5) is 5.69 Å². The van der Waals surface area contributed by atoms with E-state index in [1.54, 1.807) is 35.8 Å². The van der Waals surface area contributed by atoms with Crippen LogP contribution in [-0.4, -0.2) is 39.2 Å². The number of carbonyl (C=O) groups is 2. The summed E-state index contributed by atoms with van der Waals surface area (Å²) in [6.45, 7) is 5.69. The molecule has 7 nitrogen and oxygen atoms in total. The summed E-state index contributed by atoms with van der Waals surface area (Å²) < 4.78 is 1.34. The number of amides is 2. The molecule has 1 N–H and O–H groups in total. The fraction of sp³-hybridized carbons (Fsp3) is 0.333. The Hall–Kier alpha value is -3.00. The van der Waals surface area contributed by atoms with E-state index in [0.717, 1.165) is 6.42 Å². The van der Waals surface area contributed by atoms with Crippen LogP contribution in [0.5, 0.6) is 0 Å². The predicted molar refractivity (Wildman–Crippen MR) is 113 cm³/mol. The summed E-state index contributed by atoms with van der Waals surface area (Å²) in [4.78, 5) is 45.0. The number of hydrogen-bond acceptors (Lipinski definition) is 5. The molecule has 1 aromatic carbocycles. The lowest BCUT2D eigenvalue weighted by Gasteiger charge is -2.35. The molecule has 2 amide bonds. The van der Waals surface area contributed by atoms with E-state index in [-0.39, 0.29) is 11.5 Å². The Morgan fingerprint density at radius 3 is 2.62 bits per heavy atom. The van der Waals surface area contributed by atoms with Crippen LogP contribution in [0.1, 0.15) is 41.0 Å². The van der Waals surface area contributed by atoms with E-state index in [4.69, 9.17) is 0 Å². The van der Waals surface area contributed by atoms with Crippen LogP contribution in [0, 0.1) is 11.8 Å². The SMILES string of the molecule is C[C@@H]1C[C@@H](C)CN(C(=O)c2ccccc2NC(=O)c2cnc3sccn3c2=O)C1. The highest BCUT2D eigenvalue weighted by molar-refractivity contribution is 7.15. The number of thiazole rings is 1. The van der Waals surface area contributed by atoms with Gasteiger partial charge >= 0.3 is 0 Å². The quantitative estimate of drug-likeness (QED) is 0.719. The molecule has 29 heavy (non-hydrogen) atoms. The molecule has 2 atom stereocenters. The van der Waals surface area contributed by atoms with Gasteiger partial charge in [-0.2, -0.15) is 0 Å². The van der Waals surface area contributed by atoms with Gasteiger partial charge < -0.3 is 10.2 Å². The Balaban J connectivity index is 1.61. The molecule has 0 saturated carbocycles. The summed E-state index contributed by atoms with van der Waals surface area (Å²) in [6, 6.07) is 6.90. The number of benzene rings is 1. The van der Waals surface area contributed by atoms with Crippen molar-refractivity contribution < 1.29 is 9.59 Å². The molecule has 0 unspecified atom stereocenters. The van der Waals surface area contributed by atoms with Crippen LogP contribution >= 0.6 is 11.3 Å². The summed E-state index contributed by atoms with van der Waals surface area (Å²) in [5.74, 6) is 0.187. The second-order valence-corrected chi connectivity index (χ2v) is 8.56. The average Bonchev–Trinajstić information content (AvgIpc) is 3.17. The maximum atomic E-state index is 13.1. The number of anilines is 1. The third-order valence-corrected chi connectivity index (χ3v) is 5.92. The van der Waals surface area contributed by atoms with Gasteiger partial charge in [0, 0.05) is 30.9 Å². The molecule has 0 bridgehead atoms. The van der Waals surface area contributed by atoms with Gasteiger partial charge in [-0.05, 0) is 30.4 Å². The first kappa shape index (κ1) is 19.3. The molecule has 1 fully saturated rings. The normalized spacial score (nSPS) is 19.3. The standard InChI is InChI=1S/C21H22N4O3S/c1-13-9-14(2)12-24(11-13)19(27)15-5-3-4-6-17(15)23-18(26)16-10-22-21-25(20(16)28)7-8-29-21/h3-8,10,13-14H,9,11-12H2,1-2H3,(H,23,26)/t13-,14-/m1/s1. The number of piperidine rings is 1. The van der Waals surface area contributed by atoms with Gasteiger partial charge in [0.25, 0.3) is 17.4 Å². The Bertz CT molecular complexity index is 1130. The number of likely N-dealkylation sites (tertiary alicyclic amines) is 1. The van der Waals surface area contributed by atoms with Crippen molar-refractivity contribution in [2.45, 2.75) is 20.3 Å². The Labute approximate surface area is 172 Å². The fourth-order valence-electron chi connectivity index (χ4n) is 3.95. The van der Waals surface area contributed by atoms with Crippen LogP contribution in [0.2, 0.25) is 0 Å². The molecule has 1 aliphatic heterocycles. The number of hydrogen-bond donors (Lipinski definition) is 1. The highest BCUT2D eigenvalue weighted by Crippen LogP contribution is 2.25. The third-order valence-electron chi connectivity index (χ3n) is 5.15. The molecular formula is C21H22N4O3S. The number of fused-ring (bicyclic) bond motifs is 1. The van der Waals surface area contributed by atoms with Crippen molar-refractivity contribution >= 4 is 33.8 Å². The summed E-state index contributed by atoms with van der Waals surface area (Å²) in [7, 11) is 0. The maximum absolute atomic E-state index is 13.1. The number of nitrogens with one attached hydrogen (secondary N) is 1. The zero-order valence-electron chi connectivity index (χ0n) is 16.3. The van der Waals surface area contributed by atoms with Crippen molar-refractivity contribution in [3.8, 4) is 0 Å². The van der Waals surface area contributed by atoms with Gasteiger partial charge in [-0.3, -0.25) is 18.8 Å². The van der Waals surface area contributed by atoms with Crippen LogP contribution in [0.3, 0.4) is 0 Å². The van der Waals surface area contributed by atoms with Crippen LogP contribution < -0.4 is 10.9 Å². The monoisotopic (exact) mass is 410 g/mol. The molecule has 2 aromatic heterocycles. The fourth-order valence-corrected chi connectivity index (χ4v) is 4.62. The minimum Gasteiger partial charge on any atom is -0.338 e. The summed E-state index contributed by atoms with van der Waals surface area (Å²) in [5, 5.41) is 4.47. The maximum Gasteiger partial charge on any atom is 0.271 e. The number of para-hydroxylation sites is 1. The van der Waals surface area contributed by atoms with E-state index in [2.05, 4.69) is 24.1 Å². The van der Waals surface area contributed by atoms with Crippen molar-refractivity contribution in [3.05, 3.63) is 63.5 Å². The third kappa shape index (κ3) is 3.80. The second-order valence-electron chi connectivity index (χ2n) is 7.69. The molecule has 150 valence electrons. The van der Waals surface area contributed by atoms with Gasteiger partial charge in [0.15, 0.2) is 4.96 Å². The average molecular weight is 410 g/mol. The van der Waals surface area contributed by atoms with Gasteiger partial charge in [-0.25, -0.2) is 4.98 Å². The van der Waals surface area contributed by atoms with Gasteiger partial charge in [0.1, 0.15) is 5.56 Å². The van der Waals surface area contributed by atoms with Crippen LogP contribution in [0.25, 0.3) is 4.96 Å². The lowest BCUT2D eigenvalue weighted by Crippen LogP contribution is -2.42. The van der Waals surface area contributed by atoms with Crippen molar-refractivity contribution in [3.63, 3.8) is 0 Å². The van der Waals surface area contributed by atoms with E-state index in [0.29, 0.717) is 41.1 Å². The van der Waals surface area contributed by atoms with Crippen molar-refractivity contribution in [1.29, 1.82) is 0 Å². The molecule has 1 aliphatic rings. The van der Waals surface area contributed by atoms with Crippen molar-refractivity contribution in [1.82, 2.24) is 14.3 Å². The Morgan fingerprint density at radius 1 is 1.14 bits per heavy atom. The highest BCUT2D eigenvalue weighted by Gasteiger charge is 2.27. The van der Waals surface area contributed by atoms with Gasteiger partial charge in [-0.1, -0.05) is 26.0 Å². The van der Waals surface area contributed by atoms with E-state index in [1.165, 1.54) is 21.9 Å². The van der Waals surface area contributed by atoms with Gasteiger partial charge in [-0.15, -0.1) is 11.3 Å². The largest absolute Gasteiger partial charge is 0.338 e. The highest BCUT2D eigenvalue weighted by atomic mass is 32.1. The number of nitrogens with zero attached hydrogens (tertiary/aromatic N) is 3. The molecule has 3 aromatic rings. The molecule has 4 rings (SSSR count). The summed E-state index contributed by atoms with van der Waals surface area (Å²) in [5.41, 5.74) is 0.314. The first-order valence-electron chi connectivity index (χ1n) is 9.58. The first-order chi connectivity index (χ1) is 13.9. The number of carbonyl (C=O) groups excluding carboxylic acids is 2. The lowest BCUT2D eigenvalue weighted by molar-refractivity contribution is 0.0624. The summed E-state index contributed by atoms with van der Waals surface area (Å²) in [6.07, 6.45) is 3.97. The van der Waals surface area contributed by atoms with E-state index in [1.807, 2.05) is 4.90 Å². The van der Waals surface area contributed by atoms with E-state index >= 15 is 0 Å². The Morgan fingerprint density at radius 2 is 1.86 bits per heavy atom. The second kappa shape index (κ2) is 7.79. The van der Waals surface area contributed by atoms with Crippen molar-refractivity contribution in [2.24, 2.45) is 11.8 Å². The van der Waals surface area contributed by atoms with E-state index in [9.17, 15) is 14.4 Å². The smallest absolute Gasteiger partial charge is 0.271 e. The minimum atomic E-state index is -0.580. The topological polar surface area (TPSA) is 83.8 Å². The molecule has 3 heterocycles. The first-order valence-corrected chi connectivity index (χ1v) is 10.5. The molecular weight excluding hydrogens is 388 g/mol. The zero-order valence-corrected chi connectivity index (χ0v) is 17.1. The molecule has 1 saturated heterocycles. The minimum absolute atomic E-state index is 0.0663. The lowest BCUT2D eigenvalue weighted by atomic mass is 9.91. The molecule has 8 heteroatoms. The van der Waals surface area contributed by atoms with E-state index < -0.39 is 11.5 Å². The zero-order chi connectivity index (χ0) is 20.5. The van der Waals surface area contributed by atoms with Gasteiger partial charge in [0.05, 0.1) is 11.3 Å². The summed E-state index contributed by atoms with van der Waals surface area (Å²) >= 11 is 1.32. The van der Waals surface area contributed by atoms with Crippen molar-refractivity contribution in [2.75, 3.05) is 18.4 Å². The van der Waals surface area contributed by atoms with Crippen LogP contribution in [0.15, 0.2) is 46.8 Å². The van der Waals surface area contributed by atoms with Crippen LogP contribution in [-0.2, 0) is 0 Å². The Kier molecular flexibility index (Phi) is 5.19. The van der Waals surface area contributed by atoms with Gasteiger partial charge in [0.2, 0.25) is 0 Å². The number of rotatable bonds is 3. The molecule has 0 aliphatic carbocycles. The predicted octanol–water partition coefficient (Wildman–Crippen LogP) is 3.13. The molecule has 0 radical (unpaired) electrons.